The number of rotatable bonds is 11. The first-order chi connectivity index (χ1) is 10.1. The Balaban J connectivity index is 2.32. The van der Waals surface area contributed by atoms with E-state index in [1.54, 1.807) is 24.3 Å². The second-order valence-corrected chi connectivity index (χ2v) is 5.10. The topological polar surface area (TPSA) is 63.6 Å². The number of ketones is 1. The fourth-order valence-electron chi connectivity index (χ4n) is 2.03. The number of carboxylic acid groups (broad SMARTS) is 1. The van der Waals surface area contributed by atoms with E-state index in [1.165, 1.54) is 19.3 Å². The van der Waals surface area contributed by atoms with Crippen molar-refractivity contribution in [3.05, 3.63) is 29.8 Å². The molecule has 0 amide bonds. The number of carbonyl (C=O) groups is 2. The number of aliphatic carboxylic acids is 1. The highest BCUT2D eigenvalue weighted by Crippen LogP contribution is 2.15. The average molecular weight is 292 g/mol. The predicted molar refractivity (Wildman–Crippen MR) is 81.9 cm³/mol. The Morgan fingerprint density at radius 3 is 2.29 bits per heavy atom. The van der Waals surface area contributed by atoms with E-state index in [0.29, 0.717) is 17.7 Å². The number of ether oxygens (including phenoxy) is 1. The summed E-state index contributed by atoms with van der Waals surface area (Å²) in [5.41, 5.74) is 0.691. The molecule has 116 valence electrons. The first kappa shape index (κ1) is 17.2. The first-order valence-corrected chi connectivity index (χ1v) is 7.61. The van der Waals surface area contributed by atoms with Crippen LogP contribution in [0.25, 0.3) is 0 Å². The van der Waals surface area contributed by atoms with Gasteiger partial charge in [0.25, 0.3) is 0 Å². The Hall–Kier alpha value is -1.84. The van der Waals surface area contributed by atoms with Crippen molar-refractivity contribution in [2.45, 2.75) is 51.9 Å². The van der Waals surface area contributed by atoms with Gasteiger partial charge in [-0.2, -0.15) is 0 Å². The third-order valence-electron chi connectivity index (χ3n) is 3.27. The molecule has 0 spiro atoms. The zero-order chi connectivity index (χ0) is 15.5. The maximum Gasteiger partial charge on any atom is 0.306 e. The van der Waals surface area contributed by atoms with Gasteiger partial charge in [-0.25, -0.2) is 0 Å². The molecule has 0 unspecified atom stereocenters. The normalized spacial score (nSPS) is 10.3. The molecule has 21 heavy (non-hydrogen) atoms. The minimum atomic E-state index is -0.884. The van der Waals surface area contributed by atoms with Gasteiger partial charge in [0, 0.05) is 12.0 Å². The number of Topliss-reactive ketones (excluding diaryl/α,β-unsaturated/α-hetero) is 1. The van der Waals surface area contributed by atoms with E-state index in [-0.39, 0.29) is 18.8 Å². The van der Waals surface area contributed by atoms with Crippen LogP contribution in [0.5, 0.6) is 5.75 Å². The number of hydrogen-bond acceptors (Lipinski definition) is 3. The van der Waals surface area contributed by atoms with Gasteiger partial charge >= 0.3 is 5.97 Å². The fourth-order valence-corrected chi connectivity index (χ4v) is 2.03. The number of carboxylic acids is 1. The van der Waals surface area contributed by atoms with Crippen LogP contribution in [-0.4, -0.2) is 23.5 Å². The quantitative estimate of drug-likeness (QED) is 0.493. The van der Waals surface area contributed by atoms with E-state index in [1.807, 2.05) is 0 Å². The molecule has 0 saturated heterocycles. The highest BCUT2D eigenvalue weighted by atomic mass is 16.5. The Labute approximate surface area is 126 Å². The van der Waals surface area contributed by atoms with Crippen molar-refractivity contribution in [3.63, 3.8) is 0 Å². The standard InChI is InChI=1S/C17H24O4/c1-2-3-4-5-6-7-16(18)14-8-10-15(11-9-14)21-13-12-17(19)20/h8-11H,2-7,12-13H2,1H3,(H,19,20). The van der Waals surface area contributed by atoms with Crippen LogP contribution in [0.2, 0.25) is 0 Å². The lowest BCUT2D eigenvalue weighted by Gasteiger charge is -2.06. The molecular formula is C17H24O4. The lowest BCUT2D eigenvalue weighted by atomic mass is 10.0. The zero-order valence-electron chi connectivity index (χ0n) is 12.6. The molecule has 0 fully saturated rings. The van der Waals surface area contributed by atoms with Gasteiger partial charge in [0.2, 0.25) is 0 Å². The minimum Gasteiger partial charge on any atom is -0.493 e. The van der Waals surface area contributed by atoms with E-state index in [2.05, 4.69) is 6.92 Å². The summed E-state index contributed by atoms with van der Waals surface area (Å²) in [5.74, 6) is -0.135. The van der Waals surface area contributed by atoms with Gasteiger partial charge in [-0.15, -0.1) is 0 Å². The van der Waals surface area contributed by atoms with Gasteiger partial charge in [0.15, 0.2) is 5.78 Å². The molecule has 1 rings (SSSR count). The van der Waals surface area contributed by atoms with Crippen molar-refractivity contribution in [1.82, 2.24) is 0 Å². The maximum atomic E-state index is 12.0. The Morgan fingerprint density at radius 1 is 1.00 bits per heavy atom. The molecule has 4 nitrogen and oxygen atoms in total. The Kier molecular flexibility index (Phi) is 8.17. The summed E-state index contributed by atoms with van der Waals surface area (Å²) in [6.07, 6.45) is 6.24. The van der Waals surface area contributed by atoms with E-state index in [4.69, 9.17) is 9.84 Å². The van der Waals surface area contributed by atoms with E-state index in [0.717, 1.165) is 12.8 Å². The van der Waals surface area contributed by atoms with Crippen LogP contribution < -0.4 is 4.74 Å². The van der Waals surface area contributed by atoms with Gasteiger partial charge in [0.1, 0.15) is 5.75 Å². The average Bonchev–Trinajstić information content (AvgIpc) is 2.47. The van der Waals surface area contributed by atoms with E-state index < -0.39 is 5.97 Å². The molecule has 0 aliphatic carbocycles. The molecular weight excluding hydrogens is 268 g/mol. The number of benzene rings is 1. The fraction of sp³-hybridized carbons (Fsp3) is 0.529. The molecule has 0 aliphatic rings. The molecule has 0 atom stereocenters. The third-order valence-corrected chi connectivity index (χ3v) is 3.27. The molecule has 0 saturated carbocycles. The lowest BCUT2D eigenvalue weighted by molar-refractivity contribution is -0.137. The predicted octanol–water partition coefficient (Wildman–Crippen LogP) is 4.08. The summed E-state index contributed by atoms with van der Waals surface area (Å²) in [4.78, 5) is 22.3. The van der Waals surface area contributed by atoms with Crippen LogP contribution in [0.3, 0.4) is 0 Å². The van der Waals surface area contributed by atoms with Crippen LogP contribution in [-0.2, 0) is 4.79 Å². The van der Waals surface area contributed by atoms with Crippen LogP contribution >= 0.6 is 0 Å². The summed E-state index contributed by atoms with van der Waals surface area (Å²) in [6.45, 7) is 2.31. The highest BCUT2D eigenvalue weighted by molar-refractivity contribution is 5.96. The van der Waals surface area contributed by atoms with Gasteiger partial charge in [-0.05, 0) is 30.7 Å². The molecule has 1 N–H and O–H groups in total. The van der Waals surface area contributed by atoms with Gasteiger partial charge in [-0.3, -0.25) is 9.59 Å². The van der Waals surface area contributed by atoms with Gasteiger partial charge < -0.3 is 9.84 Å². The molecule has 0 radical (unpaired) electrons. The monoisotopic (exact) mass is 292 g/mol. The van der Waals surface area contributed by atoms with Crippen molar-refractivity contribution in [3.8, 4) is 5.75 Å². The van der Waals surface area contributed by atoms with Crippen LogP contribution in [0.4, 0.5) is 0 Å². The van der Waals surface area contributed by atoms with E-state index in [9.17, 15) is 9.59 Å². The summed E-state index contributed by atoms with van der Waals surface area (Å²) >= 11 is 0. The summed E-state index contributed by atoms with van der Waals surface area (Å²) < 4.78 is 5.28. The Bertz CT molecular complexity index is 437. The third kappa shape index (κ3) is 7.49. The largest absolute Gasteiger partial charge is 0.493 e. The van der Waals surface area contributed by atoms with Crippen molar-refractivity contribution in [2.75, 3.05) is 6.61 Å². The lowest BCUT2D eigenvalue weighted by Crippen LogP contribution is -2.05. The number of hydrogen-bond donors (Lipinski definition) is 1. The molecule has 0 aromatic heterocycles. The van der Waals surface area contributed by atoms with Crippen LogP contribution in [0, 0.1) is 0 Å². The van der Waals surface area contributed by atoms with Gasteiger partial charge in [0.05, 0.1) is 13.0 Å². The molecule has 1 aromatic carbocycles. The van der Waals surface area contributed by atoms with Crippen molar-refractivity contribution < 1.29 is 19.4 Å². The molecule has 4 heteroatoms. The molecule has 0 aliphatic heterocycles. The summed E-state index contributed by atoms with van der Waals surface area (Å²) in [5, 5.41) is 8.52. The second kappa shape index (κ2) is 9.97. The Morgan fingerprint density at radius 2 is 1.67 bits per heavy atom. The van der Waals surface area contributed by atoms with E-state index >= 15 is 0 Å². The van der Waals surface area contributed by atoms with Crippen LogP contribution in [0.1, 0.15) is 62.2 Å². The summed E-state index contributed by atoms with van der Waals surface area (Å²) in [7, 11) is 0. The molecule has 1 aromatic rings. The molecule has 0 heterocycles. The number of carbonyl (C=O) groups excluding carboxylic acids is 1. The van der Waals surface area contributed by atoms with Crippen molar-refractivity contribution in [2.24, 2.45) is 0 Å². The smallest absolute Gasteiger partial charge is 0.306 e. The van der Waals surface area contributed by atoms with Crippen LogP contribution in [0.15, 0.2) is 24.3 Å². The first-order valence-electron chi connectivity index (χ1n) is 7.61. The van der Waals surface area contributed by atoms with Crippen molar-refractivity contribution in [1.29, 1.82) is 0 Å². The minimum absolute atomic E-state index is 0.0293. The zero-order valence-corrected chi connectivity index (χ0v) is 12.6. The number of unbranched alkanes of at least 4 members (excludes halogenated alkanes) is 4. The van der Waals surface area contributed by atoms with Crippen molar-refractivity contribution >= 4 is 11.8 Å². The highest BCUT2D eigenvalue weighted by Gasteiger charge is 2.06. The maximum absolute atomic E-state index is 12.0. The summed E-state index contributed by atoms with van der Waals surface area (Å²) in [6, 6.07) is 6.91. The SMILES string of the molecule is CCCCCCCC(=O)c1ccc(OCCC(=O)O)cc1. The molecule has 0 bridgehead atoms. The second-order valence-electron chi connectivity index (χ2n) is 5.10. The van der Waals surface area contributed by atoms with Gasteiger partial charge in [-0.1, -0.05) is 32.6 Å².